The molecule has 2 aliphatic carbocycles. The Morgan fingerprint density at radius 3 is 2.59 bits per heavy atom. The van der Waals surface area contributed by atoms with Gasteiger partial charge in [0.05, 0.1) is 5.41 Å². The minimum absolute atomic E-state index is 0.270. The number of hydrogen-bond donors (Lipinski definition) is 0. The molecule has 1 fully saturated rings. The fourth-order valence-corrected chi connectivity index (χ4v) is 4.15. The Balaban J connectivity index is 2.37. The summed E-state index contributed by atoms with van der Waals surface area (Å²) < 4.78 is 0. The first-order valence-electron chi connectivity index (χ1n) is 7.09. The van der Waals surface area contributed by atoms with E-state index in [4.69, 9.17) is 6.57 Å². The first kappa shape index (κ1) is 12.7. The van der Waals surface area contributed by atoms with Gasteiger partial charge in [-0.05, 0) is 44.4 Å². The molecule has 2 rings (SSSR count). The average Bonchev–Trinajstić information content (AvgIpc) is 2.65. The van der Waals surface area contributed by atoms with E-state index in [9.17, 15) is 0 Å². The monoisotopic (exact) mass is 232 g/mol. The standard InChI is InChI=1S/C16H26N/c1-11(2)14-7-6-13(4)16(15(14)17-5)9-8-12(3)10-16/h5,10-11,13-15H,6-9H2,1-4H3/q+1. The van der Waals surface area contributed by atoms with Crippen molar-refractivity contribution in [1.29, 1.82) is 0 Å². The van der Waals surface area contributed by atoms with Gasteiger partial charge in [0.15, 0.2) is 0 Å². The highest BCUT2D eigenvalue weighted by Crippen LogP contribution is 2.54. The first-order valence-corrected chi connectivity index (χ1v) is 7.09. The van der Waals surface area contributed by atoms with Crippen molar-refractivity contribution in [2.75, 3.05) is 0 Å². The minimum Gasteiger partial charge on any atom is -0.0823 e. The Morgan fingerprint density at radius 1 is 1.41 bits per heavy atom. The highest BCUT2D eigenvalue weighted by Gasteiger charge is 2.56. The van der Waals surface area contributed by atoms with Crippen LogP contribution in [0.15, 0.2) is 11.6 Å². The molecule has 0 radical (unpaired) electrons. The van der Waals surface area contributed by atoms with Gasteiger partial charge in [-0.1, -0.05) is 37.3 Å². The van der Waals surface area contributed by atoms with Gasteiger partial charge >= 0.3 is 0 Å². The van der Waals surface area contributed by atoms with Crippen LogP contribution in [0.5, 0.6) is 0 Å². The largest absolute Gasteiger partial charge is 0.284 e. The predicted octanol–water partition coefficient (Wildman–Crippen LogP) is 4.75. The fourth-order valence-electron chi connectivity index (χ4n) is 4.15. The van der Waals surface area contributed by atoms with Gasteiger partial charge in [0.1, 0.15) is 0 Å². The van der Waals surface area contributed by atoms with Crippen molar-refractivity contribution in [3.8, 4) is 6.57 Å². The fraction of sp³-hybridized carbons (Fsp3) is 0.812. The third-order valence-electron chi connectivity index (χ3n) is 5.29. The molecule has 0 aliphatic heterocycles. The minimum atomic E-state index is 0.270. The van der Waals surface area contributed by atoms with Gasteiger partial charge in [0.25, 0.3) is 12.6 Å². The molecule has 4 atom stereocenters. The van der Waals surface area contributed by atoms with Gasteiger partial charge in [-0.15, -0.1) is 0 Å². The van der Waals surface area contributed by atoms with E-state index in [0.29, 0.717) is 17.9 Å². The molecule has 1 saturated carbocycles. The van der Waals surface area contributed by atoms with Crippen molar-refractivity contribution in [1.82, 2.24) is 0 Å². The zero-order valence-electron chi connectivity index (χ0n) is 11.7. The van der Waals surface area contributed by atoms with E-state index in [1.165, 1.54) is 31.3 Å². The normalized spacial score (nSPS) is 41.6. The summed E-state index contributed by atoms with van der Waals surface area (Å²) in [5, 5.41) is 0. The lowest BCUT2D eigenvalue weighted by molar-refractivity contribution is 0.0830. The van der Waals surface area contributed by atoms with Crippen LogP contribution in [0.2, 0.25) is 0 Å². The summed E-state index contributed by atoms with van der Waals surface area (Å²) >= 11 is 0. The summed E-state index contributed by atoms with van der Waals surface area (Å²) in [4.78, 5) is 4.33. The van der Waals surface area contributed by atoms with Crippen molar-refractivity contribution in [3.63, 3.8) is 0 Å². The number of rotatable bonds is 1. The maximum absolute atomic E-state index is 5.79. The molecule has 1 heteroatoms. The predicted molar refractivity (Wildman–Crippen MR) is 74.2 cm³/mol. The molecule has 0 aromatic heterocycles. The molecular formula is C16H26N+. The number of nitrogens with zero attached hydrogens (tertiary/aromatic N) is 1. The van der Waals surface area contributed by atoms with Gasteiger partial charge in [-0.3, -0.25) is 0 Å². The zero-order chi connectivity index (χ0) is 12.6. The van der Waals surface area contributed by atoms with Gasteiger partial charge in [0.2, 0.25) is 0 Å². The molecule has 4 unspecified atom stereocenters. The smallest absolute Gasteiger partial charge is 0.0823 e. The molecule has 1 spiro atoms. The van der Waals surface area contributed by atoms with Crippen LogP contribution < -0.4 is 0 Å². The van der Waals surface area contributed by atoms with E-state index in [1.807, 2.05) is 0 Å². The molecule has 94 valence electrons. The molecule has 0 saturated heterocycles. The molecule has 0 bridgehead atoms. The summed E-state index contributed by atoms with van der Waals surface area (Å²) in [6.45, 7) is 15.1. The topological polar surface area (TPSA) is 4.36 Å². The summed E-state index contributed by atoms with van der Waals surface area (Å²) in [5.41, 5.74) is 1.81. The molecular weight excluding hydrogens is 206 g/mol. The van der Waals surface area contributed by atoms with E-state index in [2.05, 4.69) is 38.6 Å². The number of allylic oxidation sites excluding steroid dienone is 1. The summed E-state index contributed by atoms with van der Waals surface area (Å²) in [7, 11) is 0. The van der Waals surface area contributed by atoms with Gasteiger partial charge in [-0.2, -0.15) is 0 Å². The van der Waals surface area contributed by atoms with Crippen LogP contribution in [0.3, 0.4) is 0 Å². The lowest BCUT2D eigenvalue weighted by Crippen LogP contribution is -2.46. The Morgan fingerprint density at radius 2 is 2.12 bits per heavy atom. The highest BCUT2D eigenvalue weighted by molar-refractivity contribution is 5.24. The summed E-state index contributed by atoms with van der Waals surface area (Å²) in [6.07, 6.45) is 7.63. The van der Waals surface area contributed by atoms with Crippen molar-refractivity contribution in [2.24, 2.45) is 23.2 Å². The molecule has 0 aromatic rings. The van der Waals surface area contributed by atoms with Crippen LogP contribution in [-0.4, -0.2) is 6.04 Å². The second-order valence-corrected chi connectivity index (χ2v) is 6.58. The SMILES string of the molecule is C#[N+]C1C(C(C)C)CCC(C)C12C=C(C)CC2. The summed E-state index contributed by atoms with van der Waals surface area (Å²) in [5.74, 6) is 2.08. The van der Waals surface area contributed by atoms with Crippen LogP contribution in [0.4, 0.5) is 0 Å². The van der Waals surface area contributed by atoms with Crippen LogP contribution in [0.1, 0.15) is 53.4 Å². The van der Waals surface area contributed by atoms with Gasteiger partial charge in [0, 0.05) is 5.92 Å². The van der Waals surface area contributed by atoms with Crippen molar-refractivity contribution in [3.05, 3.63) is 16.5 Å². The van der Waals surface area contributed by atoms with Crippen molar-refractivity contribution >= 4 is 0 Å². The Kier molecular flexibility index (Phi) is 3.34. The third-order valence-corrected chi connectivity index (χ3v) is 5.29. The first-order chi connectivity index (χ1) is 8.01. The highest BCUT2D eigenvalue weighted by atomic mass is 14.8. The van der Waals surface area contributed by atoms with Crippen LogP contribution in [0, 0.1) is 29.7 Å². The molecule has 2 aliphatic rings. The molecule has 0 amide bonds. The second kappa shape index (κ2) is 4.48. The average molecular weight is 232 g/mol. The van der Waals surface area contributed by atoms with Crippen LogP contribution in [0.25, 0.3) is 4.85 Å². The molecule has 17 heavy (non-hydrogen) atoms. The lowest BCUT2D eigenvalue weighted by Gasteiger charge is -2.42. The molecule has 0 heterocycles. The van der Waals surface area contributed by atoms with Crippen molar-refractivity contribution in [2.45, 2.75) is 59.4 Å². The molecule has 0 N–H and O–H groups in total. The Hall–Kier alpha value is -0.770. The maximum atomic E-state index is 5.79. The lowest BCUT2D eigenvalue weighted by atomic mass is 9.58. The van der Waals surface area contributed by atoms with E-state index in [-0.39, 0.29) is 5.41 Å². The zero-order valence-corrected chi connectivity index (χ0v) is 11.7. The van der Waals surface area contributed by atoms with E-state index < -0.39 is 0 Å². The second-order valence-electron chi connectivity index (χ2n) is 6.58. The van der Waals surface area contributed by atoms with E-state index in [1.54, 1.807) is 0 Å². The van der Waals surface area contributed by atoms with Gasteiger partial charge in [-0.25, -0.2) is 0 Å². The van der Waals surface area contributed by atoms with E-state index >= 15 is 0 Å². The van der Waals surface area contributed by atoms with Crippen LogP contribution in [-0.2, 0) is 0 Å². The quantitative estimate of drug-likeness (QED) is 0.575. The van der Waals surface area contributed by atoms with Gasteiger partial charge < -0.3 is 0 Å². The van der Waals surface area contributed by atoms with E-state index in [0.717, 1.165) is 5.92 Å². The Labute approximate surface area is 106 Å². The Bertz CT molecular complexity index is 360. The maximum Gasteiger partial charge on any atom is 0.284 e. The van der Waals surface area contributed by atoms with Crippen molar-refractivity contribution < 1.29 is 0 Å². The molecule has 1 nitrogen and oxygen atoms in total. The molecule has 0 aromatic carbocycles. The number of hydrogen-bond acceptors (Lipinski definition) is 0. The van der Waals surface area contributed by atoms with Crippen LogP contribution >= 0.6 is 0 Å². The third kappa shape index (κ3) is 1.92. The summed E-state index contributed by atoms with van der Waals surface area (Å²) in [6, 6.07) is 0.337.